The molecule has 0 heterocycles. The van der Waals surface area contributed by atoms with Crippen LogP contribution in [0.25, 0.3) is 0 Å². The van der Waals surface area contributed by atoms with Gasteiger partial charge in [0.05, 0.1) is 20.6 Å². The van der Waals surface area contributed by atoms with E-state index in [2.05, 4.69) is 20.7 Å². The highest BCUT2D eigenvalue weighted by atomic mass is 79.9. The van der Waals surface area contributed by atoms with Gasteiger partial charge in [0.15, 0.2) is 0 Å². The van der Waals surface area contributed by atoms with Crippen LogP contribution in [0.4, 0.5) is 5.69 Å². The molecule has 19 heavy (non-hydrogen) atoms. The maximum atomic E-state index is 12.1. The van der Waals surface area contributed by atoms with Crippen molar-refractivity contribution in [3.8, 4) is 0 Å². The Labute approximate surface area is 129 Å². The van der Waals surface area contributed by atoms with Gasteiger partial charge < -0.3 is 0 Å². The Morgan fingerprint density at radius 2 is 1.58 bits per heavy atom. The fourth-order valence-electron chi connectivity index (χ4n) is 1.39. The van der Waals surface area contributed by atoms with Crippen LogP contribution in [0.3, 0.4) is 0 Å². The van der Waals surface area contributed by atoms with Gasteiger partial charge in [0.1, 0.15) is 0 Å². The zero-order valence-electron chi connectivity index (χ0n) is 9.40. The topological polar surface area (TPSA) is 46.2 Å². The first kappa shape index (κ1) is 14.7. The molecule has 0 saturated heterocycles. The number of nitrogens with one attached hydrogen (secondary N) is 1. The average Bonchev–Trinajstić information content (AvgIpc) is 2.34. The lowest BCUT2D eigenvalue weighted by molar-refractivity contribution is 0.601. The number of rotatable bonds is 3. The van der Waals surface area contributed by atoms with Crippen LogP contribution in [0, 0.1) is 0 Å². The molecule has 0 aliphatic heterocycles. The fourth-order valence-corrected chi connectivity index (χ4v) is 3.00. The highest BCUT2D eigenvalue weighted by Crippen LogP contribution is 2.26. The van der Waals surface area contributed by atoms with Crippen LogP contribution in [-0.4, -0.2) is 8.42 Å². The summed E-state index contributed by atoms with van der Waals surface area (Å²) in [5, 5.41) is 0.658. The smallest absolute Gasteiger partial charge is 0.261 e. The van der Waals surface area contributed by atoms with E-state index in [1.165, 1.54) is 24.3 Å². The molecule has 0 atom stereocenters. The third-order valence-corrected chi connectivity index (χ3v) is 4.96. The second kappa shape index (κ2) is 5.71. The largest absolute Gasteiger partial charge is 0.280 e. The molecule has 1 N–H and O–H groups in total. The maximum absolute atomic E-state index is 12.1. The van der Waals surface area contributed by atoms with E-state index in [1.807, 2.05) is 0 Å². The number of hydrogen-bond acceptors (Lipinski definition) is 2. The van der Waals surface area contributed by atoms with Gasteiger partial charge in [-0.3, -0.25) is 4.72 Å². The van der Waals surface area contributed by atoms with Crippen molar-refractivity contribution in [2.75, 3.05) is 4.72 Å². The highest BCUT2D eigenvalue weighted by Gasteiger charge is 2.14. The molecular weight excluding hydrogens is 373 g/mol. The molecule has 0 unspecified atom stereocenters. The lowest BCUT2D eigenvalue weighted by Crippen LogP contribution is -2.12. The van der Waals surface area contributed by atoms with Crippen LogP contribution in [0.5, 0.6) is 0 Å². The van der Waals surface area contributed by atoms with Crippen molar-refractivity contribution in [1.82, 2.24) is 0 Å². The van der Waals surface area contributed by atoms with Gasteiger partial charge in [-0.1, -0.05) is 39.1 Å². The summed E-state index contributed by atoms with van der Waals surface area (Å²) in [7, 11) is -3.63. The summed E-state index contributed by atoms with van der Waals surface area (Å²) in [5.41, 5.74) is 0.359. The van der Waals surface area contributed by atoms with E-state index < -0.39 is 10.0 Å². The van der Waals surface area contributed by atoms with Gasteiger partial charge in [0.25, 0.3) is 10.0 Å². The van der Waals surface area contributed by atoms with Crippen LogP contribution in [0.1, 0.15) is 0 Å². The Balaban J connectivity index is 2.30. The van der Waals surface area contributed by atoms with Gasteiger partial charge in [0, 0.05) is 4.47 Å². The SMILES string of the molecule is O=S(=O)(Nc1ccc(Cl)c(Cl)c1)c1ccc(Br)cc1. The first-order valence-corrected chi connectivity index (χ1v) is 8.15. The second-order valence-electron chi connectivity index (χ2n) is 3.69. The average molecular weight is 381 g/mol. The van der Waals surface area contributed by atoms with E-state index in [9.17, 15) is 8.42 Å². The first-order valence-electron chi connectivity index (χ1n) is 5.12. The van der Waals surface area contributed by atoms with E-state index in [4.69, 9.17) is 23.2 Å². The van der Waals surface area contributed by atoms with Gasteiger partial charge in [-0.05, 0) is 42.5 Å². The van der Waals surface area contributed by atoms with Crippen LogP contribution in [0.15, 0.2) is 51.8 Å². The summed E-state index contributed by atoms with van der Waals surface area (Å²) in [5.74, 6) is 0. The van der Waals surface area contributed by atoms with Crippen molar-refractivity contribution < 1.29 is 8.42 Å². The second-order valence-corrected chi connectivity index (χ2v) is 7.10. The van der Waals surface area contributed by atoms with E-state index in [-0.39, 0.29) is 9.92 Å². The molecule has 0 spiro atoms. The van der Waals surface area contributed by atoms with Crippen LogP contribution < -0.4 is 4.72 Å². The summed E-state index contributed by atoms with van der Waals surface area (Å²) in [6, 6.07) is 10.9. The predicted octanol–water partition coefficient (Wildman–Crippen LogP) is 4.56. The van der Waals surface area contributed by atoms with Gasteiger partial charge in [-0.2, -0.15) is 0 Å². The first-order chi connectivity index (χ1) is 8.88. The number of hydrogen-bond donors (Lipinski definition) is 1. The lowest BCUT2D eigenvalue weighted by Gasteiger charge is -2.09. The van der Waals surface area contributed by atoms with Gasteiger partial charge in [-0.25, -0.2) is 8.42 Å². The Hall–Kier alpha value is -0.750. The Morgan fingerprint density at radius 1 is 0.947 bits per heavy atom. The van der Waals surface area contributed by atoms with Crippen LogP contribution in [0.2, 0.25) is 10.0 Å². The minimum Gasteiger partial charge on any atom is -0.280 e. The molecule has 100 valence electrons. The molecule has 3 nitrogen and oxygen atoms in total. The molecule has 0 aromatic heterocycles. The number of sulfonamides is 1. The minimum atomic E-state index is -3.63. The van der Waals surface area contributed by atoms with Gasteiger partial charge in [0.2, 0.25) is 0 Å². The zero-order chi connectivity index (χ0) is 14.0. The molecular formula is C12H8BrCl2NO2S. The molecule has 7 heteroatoms. The van der Waals surface area contributed by atoms with E-state index >= 15 is 0 Å². The molecule has 0 aliphatic carbocycles. The Morgan fingerprint density at radius 3 is 2.16 bits per heavy atom. The molecule has 2 aromatic carbocycles. The van der Waals surface area contributed by atoms with E-state index in [1.54, 1.807) is 18.2 Å². The zero-order valence-corrected chi connectivity index (χ0v) is 13.3. The molecule has 2 aromatic rings. The van der Waals surface area contributed by atoms with Crippen molar-refractivity contribution in [2.24, 2.45) is 0 Å². The molecule has 2 rings (SSSR count). The van der Waals surface area contributed by atoms with Crippen molar-refractivity contribution >= 4 is 54.8 Å². The molecule has 0 saturated carbocycles. The van der Waals surface area contributed by atoms with Crippen molar-refractivity contribution in [3.63, 3.8) is 0 Å². The summed E-state index contributed by atoms with van der Waals surface area (Å²) >= 11 is 14.9. The summed E-state index contributed by atoms with van der Waals surface area (Å²) in [6.07, 6.45) is 0. The molecule has 0 fully saturated rings. The third kappa shape index (κ3) is 3.63. The normalized spacial score (nSPS) is 11.3. The third-order valence-electron chi connectivity index (χ3n) is 2.30. The quantitative estimate of drug-likeness (QED) is 0.848. The summed E-state index contributed by atoms with van der Waals surface area (Å²) in [4.78, 5) is 0.168. The maximum Gasteiger partial charge on any atom is 0.261 e. The molecule has 0 amide bonds. The fraction of sp³-hybridized carbons (Fsp3) is 0. The number of halogens is 3. The predicted molar refractivity (Wildman–Crippen MR) is 81.4 cm³/mol. The van der Waals surface area contributed by atoms with Crippen molar-refractivity contribution in [3.05, 3.63) is 57.0 Å². The van der Waals surface area contributed by atoms with Crippen LogP contribution >= 0.6 is 39.1 Å². The number of anilines is 1. The summed E-state index contributed by atoms with van der Waals surface area (Å²) < 4.78 is 27.5. The summed E-state index contributed by atoms with van der Waals surface area (Å²) in [6.45, 7) is 0. The standard InChI is InChI=1S/C12H8BrCl2NO2S/c13-8-1-4-10(5-2-8)19(17,18)16-9-3-6-11(14)12(15)7-9/h1-7,16H. The van der Waals surface area contributed by atoms with E-state index in [0.29, 0.717) is 10.7 Å². The Bertz CT molecular complexity index is 702. The lowest BCUT2D eigenvalue weighted by atomic mass is 10.3. The van der Waals surface area contributed by atoms with Crippen LogP contribution in [-0.2, 0) is 10.0 Å². The highest BCUT2D eigenvalue weighted by molar-refractivity contribution is 9.10. The minimum absolute atomic E-state index is 0.168. The van der Waals surface area contributed by atoms with Crippen molar-refractivity contribution in [2.45, 2.75) is 4.90 Å². The molecule has 0 radical (unpaired) electrons. The Kier molecular flexibility index (Phi) is 4.40. The molecule has 0 bridgehead atoms. The van der Waals surface area contributed by atoms with E-state index in [0.717, 1.165) is 4.47 Å². The van der Waals surface area contributed by atoms with Gasteiger partial charge >= 0.3 is 0 Å². The monoisotopic (exact) mass is 379 g/mol. The number of benzene rings is 2. The van der Waals surface area contributed by atoms with Crippen molar-refractivity contribution in [1.29, 1.82) is 0 Å². The van der Waals surface area contributed by atoms with Gasteiger partial charge in [-0.15, -0.1) is 0 Å². The molecule has 0 aliphatic rings.